The molecule has 4 nitrogen and oxygen atoms in total. The maximum Gasteiger partial charge on any atom is 0.250 e. The standard InChI is InChI=1S/C9H11BrN2O2/c1-6-3-7(4-11-9(6)10)12-8(13)5-14-2/h3-4H,5H2,1-2H3,(H,12,13). The van der Waals surface area contributed by atoms with Crippen LogP contribution in [0.3, 0.4) is 0 Å². The first-order valence-corrected chi connectivity index (χ1v) is 4.83. The molecule has 0 aliphatic heterocycles. The van der Waals surface area contributed by atoms with Crippen LogP contribution in [0.5, 0.6) is 0 Å². The van der Waals surface area contributed by atoms with Crippen molar-refractivity contribution in [3.05, 3.63) is 22.4 Å². The summed E-state index contributed by atoms with van der Waals surface area (Å²) in [6.45, 7) is 1.96. The van der Waals surface area contributed by atoms with Crippen molar-refractivity contribution in [2.45, 2.75) is 6.92 Å². The van der Waals surface area contributed by atoms with E-state index in [2.05, 4.69) is 31.0 Å². The van der Waals surface area contributed by atoms with Gasteiger partial charge in [-0.2, -0.15) is 0 Å². The molecule has 1 heterocycles. The zero-order chi connectivity index (χ0) is 10.6. The van der Waals surface area contributed by atoms with E-state index < -0.39 is 0 Å². The number of aryl methyl sites for hydroxylation is 1. The lowest BCUT2D eigenvalue weighted by atomic mass is 10.3. The molecular weight excluding hydrogens is 248 g/mol. The molecule has 76 valence electrons. The van der Waals surface area contributed by atoms with E-state index in [0.29, 0.717) is 5.69 Å². The predicted octanol–water partition coefficient (Wildman–Crippen LogP) is 1.74. The summed E-state index contributed by atoms with van der Waals surface area (Å²) in [4.78, 5) is 15.2. The van der Waals surface area contributed by atoms with E-state index in [-0.39, 0.29) is 12.5 Å². The second-order valence-corrected chi connectivity index (χ2v) is 3.56. The van der Waals surface area contributed by atoms with Gasteiger partial charge in [0.15, 0.2) is 0 Å². The van der Waals surface area contributed by atoms with E-state index in [0.717, 1.165) is 10.2 Å². The maximum atomic E-state index is 11.1. The van der Waals surface area contributed by atoms with Crippen molar-refractivity contribution in [1.82, 2.24) is 4.98 Å². The fourth-order valence-electron chi connectivity index (χ4n) is 0.955. The van der Waals surface area contributed by atoms with E-state index >= 15 is 0 Å². The first kappa shape index (κ1) is 11.1. The SMILES string of the molecule is COCC(=O)Nc1cnc(Br)c(C)c1. The molecule has 0 saturated heterocycles. The number of carbonyl (C=O) groups excluding carboxylic acids is 1. The summed E-state index contributed by atoms with van der Waals surface area (Å²) < 4.78 is 5.47. The van der Waals surface area contributed by atoms with Gasteiger partial charge in [-0.05, 0) is 34.5 Å². The van der Waals surface area contributed by atoms with Crippen LogP contribution in [-0.2, 0) is 9.53 Å². The second kappa shape index (κ2) is 5.07. The predicted molar refractivity (Wildman–Crippen MR) is 57.2 cm³/mol. The molecule has 0 unspecified atom stereocenters. The Bertz CT molecular complexity index is 342. The van der Waals surface area contributed by atoms with Crippen LogP contribution >= 0.6 is 15.9 Å². The third-order valence-electron chi connectivity index (χ3n) is 1.57. The van der Waals surface area contributed by atoms with Crippen LogP contribution in [0, 0.1) is 6.92 Å². The number of nitrogens with zero attached hydrogens (tertiary/aromatic N) is 1. The van der Waals surface area contributed by atoms with Gasteiger partial charge < -0.3 is 10.1 Å². The molecule has 1 aromatic heterocycles. The Morgan fingerprint density at radius 1 is 1.71 bits per heavy atom. The van der Waals surface area contributed by atoms with Gasteiger partial charge >= 0.3 is 0 Å². The summed E-state index contributed by atoms with van der Waals surface area (Å²) in [7, 11) is 1.48. The lowest BCUT2D eigenvalue weighted by Crippen LogP contribution is -2.17. The summed E-state index contributed by atoms with van der Waals surface area (Å²) in [5, 5.41) is 2.66. The highest BCUT2D eigenvalue weighted by Gasteiger charge is 2.03. The van der Waals surface area contributed by atoms with E-state index in [1.54, 1.807) is 6.20 Å². The van der Waals surface area contributed by atoms with E-state index in [1.807, 2.05) is 13.0 Å². The Balaban J connectivity index is 2.68. The monoisotopic (exact) mass is 258 g/mol. The van der Waals surface area contributed by atoms with Crippen LogP contribution in [0.4, 0.5) is 5.69 Å². The Kier molecular flexibility index (Phi) is 4.03. The lowest BCUT2D eigenvalue weighted by Gasteiger charge is -2.05. The van der Waals surface area contributed by atoms with Crippen molar-refractivity contribution in [2.75, 3.05) is 19.0 Å². The molecule has 0 fully saturated rings. The van der Waals surface area contributed by atoms with Gasteiger partial charge in [0.05, 0.1) is 11.9 Å². The molecule has 0 saturated carbocycles. The number of ether oxygens (including phenoxy) is 1. The van der Waals surface area contributed by atoms with Crippen LogP contribution < -0.4 is 5.32 Å². The average Bonchev–Trinajstić information content (AvgIpc) is 2.12. The van der Waals surface area contributed by atoms with Gasteiger partial charge in [-0.15, -0.1) is 0 Å². The number of aromatic nitrogens is 1. The minimum absolute atomic E-state index is 0.0507. The third-order valence-corrected chi connectivity index (χ3v) is 2.40. The number of amides is 1. The van der Waals surface area contributed by atoms with Crippen molar-refractivity contribution in [1.29, 1.82) is 0 Å². The van der Waals surface area contributed by atoms with Gasteiger partial charge in [-0.3, -0.25) is 4.79 Å². The Labute approximate surface area is 90.8 Å². The summed E-state index contributed by atoms with van der Waals surface area (Å²) in [6, 6.07) is 1.84. The number of anilines is 1. The minimum Gasteiger partial charge on any atom is -0.375 e. The van der Waals surface area contributed by atoms with Crippen molar-refractivity contribution in [3.63, 3.8) is 0 Å². The summed E-state index contributed by atoms with van der Waals surface area (Å²) in [6.07, 6.45) is 1.59. The highest BCUT2D eigenvalue weighted by Crippen LogP contribution is 2.16. The van der Waals surface area contributed by atoms with E-state index in [1.165, 1.54) is 7.11 Å². The lowest BCUT2D eigenvalue weighted by molar-refractivity contribution is -0.119. The Morgan fingerprint density at radius 3 is 3.00 bits per heavy atom. The largest absolute Gasteiger partial charge is 0.375 e. The summed E-state index contributed by atoms with van der Waals surface area (Å²) in [5.74, 6) is -0.184. The molecule has 14 heavy (non-hydrogen) atoms. The van der Waals surface area contributed by atoms with Crippen molar-refractivity contribution >= 4 is 27.5 Å². The molecule has 1 rings (SSSR count). The fraction of sp³-hybridized carbons (Fsp3) is 0.333. The molecule has 5 heteroatoms. The zero-order valence-corrected chi connectivity index (χ0v) is 9.59. The van der Waals surface area contributed by atoms with E-state index in [9.17, 15) is 4.79 Å². The Hall–Kier alpha value is -0.940. The van der Waals surface area contributed by atoms with Crippen molar-refractivity contribution in [3.8, 4) is 0 Å². The summed E-state index contributed by atoms with van der Waals surface area (Å²) >= 11 is 3.28. The molecule has 0 radical (unpaired) electrons. The Morgan fingerprint density at radius 2 is 2.43 bits per heavy atom. The molecular formula is C9H11BrN2O2. The van der Waals surface area contributed by atoms with Gasteiger partial charge in [0.2, 0.25) is 5.91 Å². The van der Waals surface area contributed by atoms with Crippen LogP contribution in [-0.4, -0.2) is 24.6 Å². The third kappa shape index (κ3) is 3.08. The zero-order valence-electron chi connectivity index (χ0n) is 8.00. The number of rotatable bonds is 3. The maximum absolute atomic E-state index is 11.1. The first-order chi connectivity index (χ1) is 6.63. The molecule has 0 aliphatic rings. The topological polar surface area (TPSA) is 51.2 Å². The van der Waals surface area contributed by atoms with Gasteiger partial charge in [0.1, 0.15) is 11.2 Å². The number of carbonyl (C=O) groups is 1. The molecule has 1 aromatic rings. The molecule has 0 atom stereocenters. The normalized spacial score (nSPS) is 9.93. The molecule has 0 aliphatic carbocycles. The molecule has 1 amide bonds. The van der Waals surface area contributed by atoms with Crippen molar-refractivity contribution in [2.24, 2.45) is 0 Å². The number of pyridine rings is 1. The van der Waals surface area contributed by atoms with E-state index in [4.69, 9.17) is 0 Å². The van der Waals surface area contributed by atoms with Crippen LogP contribution in [0.25, 0.3) is 0 Å². The summed E-state index contributed by atoms with van der Waals surface area (Å²) in [5.41, 5.74) is 1.65. The average molecular weight is 259 g/mol. The van der Waals surface area contributed by atoms with Gasteiger partial charge in [-0.1, -0.05) is 0 Å². The molecule has 0 aromatic carbocycles. The van der Waals surface area contributed by atoms with Gasteiger partial charge in [0, 0.05) is 7.11 Å². The van der Waals surface area contributed by atoms with Gasteiger partial charge in [0.25, 0.3) is 0 Å². The quantitative estimate of drug-likeness (QED) is 0.841. The number of hydrogen-bond donors (Lipinski definition) is 1. The molecule has 0 spiro atoms. The number of halogens is 1. The highest BCUT2D eigenvalue weighted by atomic mass is 79.9. The highest BCUT2D eigenvalue weighted by molar-refractivity contribution is 9.10. The van der Waals surface area contributed by atoms with Crippen molar-refractivity contribution < 1.29 is 9.53 Å². The number of hydrogen-bond acceptors (Lipinski definition) is 3. The molecule has 1 N–H and O–H groups in total. The number of nitrogens with one attached hydrogen (secondary N) is 1. The second-order valence-electron chi connectivity index (χ2n) is 2.81. The minimum atomic E-state index is -0.184. The van der Waals surface area contributed by atoms with Crippen LogP contribution in [0.1, 0.15) is 5.56 Å². The fourth-order valence-corrected chi connectivity index (χ4v) is 1.17. The van der Waals surface area contributed by atoms with Crippen LogP contribution in [0.15, 0.2) is 16.9 Å². The molecule has 0 bridgehead atoms. The smallest absolute Gasteiger partial charge is 0.250 e. The first-order valence-electron chi connectivity index (χ1n) is 4.04. The van der Waals surface area contributed by atoms with Gasteiger partial charge in [-0.25, -0.2) is 4.98 Å². The number of methoxy groups -OCH3 is 1. The van der Waals surface area contributed by atoms with Crippen LogP contribution in [0.2, 0.25) is 0 Å².